The topological polar surface area (TPSA) is 77.3 Å². The summed E-state index contributed by atoms with van der Waals surface area (Å²) in [5, 5.41) is 24.1. The van der Waals surface area contributed by atoms with Gasteiger partial charge in [-0.1, -0.05) is 0 Å². The van der Waals surface area contributed by atoms with Crippen LogP contribution in [0.2, 0.25) is 0 Å². The molecule has 4 rings (SSSR count). The smallest absolute Gasteiger partial charge is 0.123 e. The molecule has 0 saturated heterocycles. The summed E-state index contributed by atoms with van der Waals surface area (Å²) in [4.78, 5) is 5.68. The van der Waals surface area contributed by atoms with Crippen LogP contribution in [0.15, 0.2) is 24.3 Å². The number of halogens is 1. The number of H-pyrrole nitrogens is 1. The van der Waals surface area contributed by atoms with Crippen molar-refractivity contribution in [3.8, 4) is 0 Å². The van der Waals surface area contributed by atoms with Crippen LogP contribution in [0.4, 0.5) is 4.39 Å². The number of rotatable bonds is 4. The summed E-state index contributed by atoms with van der Waals surface area (Å²) in [5.41, 5.74) is 4.64. The lowest BCUT2D eigenvalue weighted by Crippen LogP contribution is -2.33. The fraction of sp³-hybridized carbons (Fsp3) is 0.389. The van der Waals surface area contributed by atoms with Crippen LogP contribution in [-0.2, 0) is 19.6 Å². The second kappa shape index (κ2) is 6.25. The first-order chi connectivity index (χ1) is 12.0. The Hall–Kier alpha value is -2.22. The molecule has 0 amide bonds. The summed E-state index contributed by atoms with van der Waals surface area (Å²) in [6.07, 6.45) is -0.933. The number of hydrogen-bond acceptors (Lipinski definition) is 4. The molecule has 25 heavy (non-hydrogen) atoms. The quantitative estimate of drug-likeness (QED) is 0.675. The third-order valence-corrected chi connectivity index (χ3v) is 4.92. The molecule has 3 N–H and O–H groups in total. The van der Waals surface area contributed by atoms with Crippen molar-refractivity contribution in [1.29, 1.82) is 0 Å². The molecule has 0 unspecified atom stereocenters. The van der Waals surface area contributed by atoms with Gasteiger partial charge in [0.1, 0.15) is 11.9 Å². The highest BCUT2D eigenvalue weighted by Gasteiger charge is 2.22. The zero-order valence-electron chi connectivity index (χ0n) is 14.0. The molecular formula is C18H21FN4O2. The van der Waals surface area contributed by atoms with Gasteiger partial charge in [-0.15, -0.1) is 0 Å². The molecule has 0 bridgehead atoms. The van der Waals surface area contributed by atoms with Gasteiger partial charge in [-0.2, -0.15) is 5.10 Å². The Balaban J connectivity index is 1.55. The Labute approximate surface area is 144 Å². The maximum Gasteiger partial charge on any atom is 0.123 e. The molecule has 2 aromatic heterocycles. The number of nitrogens with zero attached hydrogens (tertiary/aromatic N) is 3. The van der Waals surface area contributed by atoms with Crippen LogP contribution in [0.25, 0.3) is 10.9 Å². The van der Waals surface area contributed by atoms with Gasteiger partial charge in [-0.25, -0.2) is 4.39 Å². The SMILES string of the molecule is Cc1c(CN2CCn3nc([C@H](O)CO)cc3C2)[nH]c2ccc(F)cc12. The van der Waals surface area contributed by atoms with E-state index in [1.165, 1.54) is 6.07 Å². The molecule has 0 spiro atoms. The van der Waals surface area contributed by atoms with E-state index in [9.17, 15) is 9.50 Å². The Kier molecular flexibility index (Phi) is 4.07. The molecule has 1 aromatic carbocycles. The van der Waals surface area contributed by atoms with E-state index in [1.807, 2.05) is 17.7 Å². The zero-order chi connectivity index (χ0) is 17.6. The first-order valence-electron chi connectivity index (χ1n) is 8.39. The lowest BCUT2D eigenvalue weighted by atomic mass is 10.1. The maximum absolute atomic E-state index is 13.5. The van der Waals surface area contributed by atoms with Gasteiger partial charge >= 0.3 is 0 Å². The largest absolute Gasteiger partial charge is 0.393 e. The van der Waals surface area contributed by atoms with Gasteiger partial charge in [-0.05, 0) is 36.8 Å². The number of benzene rings is 1. The molecule has 1 aliphatic heterocycles. The summed E-state index contributed by atoms with van der Waals surface area (Å²) in [5.74, 6) is -0.224. The molecule has 0 fully saturated rings. The lowest BCUT2D eigenvalue weighted by molar-refractivity contribution is 0.0915. The molecule has 3 aromatic rings. The minimum Gasteiger partial charge on any atom is -0.393 e. The van der Waals surface area contributed by atoms with Crippen molar-refractivity contribution in [2.24, 2.45) is 0 Å². The van der Waals surface area contributed by atoms with Crippen molar-refractivity contribution in [1.82, 2.24) is 19.7 Å². The molecular weight excluding hydrogens is 323 g/mol. The van der Waals surface area contributed by atoms with E-state index in [1.54, 1.807) is 12.1 Å². The number of aliphatic hydroxyl groups excluding tert-OH is 2. The second-order valence-electron chi connectivity index (χ2n) is 6.61. The molecule has 6 nitrogen and oxygen atoms in total. The van der Waals surface area contributed by atoms with Crippen molar-refractivity contribution in [2.45, 2.75) is 32.7 Å². The van der Waals surface area contributed by atoms with E-state index >= 15 is 0 Å². The maximum atomic E-state index is 13.5. The number of fused-ring (bicyclic) bond motifs is 2. The van der Waals surface area contributed by atoms with Crippen LogP contribution >= 0.6 is 0 Å². The van der Waals surface area contributed by atoms with E-state index in [2.05, 4.69) is 15.0 Å². The average molecular weight is 344 g/mol. The van der Waals surface area contributed by atoms with E-state index in [4.69, 9.17) is 5.11 Å². The van der Waals surface area contributed by atoms with E-state index in [0.717, 1.165) is 47.5 Å². The van der Waals surface area contributed by atoms with Crippen molar-refractivity contribution in [3.63, 3.8) is 0 Å². The number of hydrogen-bond donors (Lipinski definition) is 3. The number of aromatic amines is 1. The van der Waals surface area contributed by atoms with Gasteiger partial charge in [0, 0.05) is 36.2 Å². The van der Waals surface area contributed by atoms with Crippen LogP contribution in [-0.4, -0.2) is 43.0 Å². The van der Waals surface area contributed by atoms with Crippen LogP contribution in [0.3, 0.4) is 0 Å². The van der Waals surface area contributed by atoms with Gasteiger partial charge < -0.3 is 15.2 Å². The lowest BCUT2D eigenvalue weighted by Gasteiger charge is -2.27. The first-order valence-corrected chi connectivity index (χ1v) is 8.39. The van der Waals surface area contributed by atoms with E-state index in [0.29, 0.717) is 12.2 Å². The average Bonchev–Trinajstić information content (AvgIpc) is 3.16. The monoisotopic (exact) mass is 344 g/mol. The van der Waals surface area contributed by atoms with Crippen molar-refractivity contribution in [2.75, 3.05) is 13.2 Å². The van der Waals surface area contributed by atoms with Gasteiger partial charge in [0.25, 0.3) is 0 Å². The number of nitrogens with one attached hydrogen (secondary N) is 1. The summed E-state index contributed by atoms with van der Waals surface area (Å²) in [6.45, 7) is 4.72. The highest BCUT2D eigenvalue weighted by molar-refractivity contribution is 5.84. The van der Waals surface area contributed by atoms with Gasteiger partial charge in [-0.3, -0.25) is 9.58 Å². The van der Waals surface area contributed by atoms with Crippen LogP contribution in [0.5, 0.6) is 0 Å². The van der Waals surface area contributed by atoms with Crippen LogP contribution in [0, 0.1) is 12.7 Å². The van der Waals surface area contributed by atoms with E-state index in [-0.39, 0.29) is 12.4 Å². The predicted octanol–water partition coefficient (Wildman–Crippen LogP) is 1.85. The number of aliphatic hydroxyl groups is 2. The Morgan fingerprint density at radius 3 is 2.96 bits per heavy atom. The molecule has 0 aliphatic carbocycles. The van der Waals surface area contributed by atoms with Crippen molar-refractivity contribution < 1.29 is 14.6 Å². The van der Waals surface area contributed by atoms with Crippen LogP contribution < -0.4 is 0 Å². The molecule has 7 heteroatoms. The highest BCUT2D eigenvalue weighted by Crippen LogP contribution is 2.25. The first kappa shape index (κ1) is 16.3. The fourth-order valence-corrected chi connectivity index (χ4v) is 3.47. The summed E-state index contributed by atoms with van der Waals surface area (Å²) in [6, 6.07) is 6.66. The third kappa shape index (κ3) is 2.95. The molecule has 3 heterocycles. The molecule has 0 radical (unpaired) electrons. The minimum absolute atomic E-state index is 0.224. The van der Waals surface area contributed by atoms with Crippen molar-refractivity contribution in [3.05, 3.63) is 52.7 Å². The molecule has 1 aliphatic rings. The minimum atomic E-state index is -0.933. The van der Waals surface area contributed by atoms with Gasteiger partial charge in [0.15, 0.2) is 0 Å². The standard InChI is InChI=1S/C18H21FN4O2/c1-11-14-6-12(19)2-3-15(14)20-17(11)9-22-4-5-23-13(8-22)7-16(21-23)18(25)10-24/h2-3,6-7,18,20,24-25H,4-5,8-10H2,1H3/t18-/m1/s1. The summed E-state index contributed by atoms with van der Waals surface area (Å²) >= 11 is 0. The molecule has 1 atom stereocenters. The highest BCUT2D eigenvalue weighted by atomic mass is 19.1. The molecule has 0 saturated carbocycles. The summed E-state index contributed by atoms with van der Waals surface area (Å²) in [7, 11) is 0. The Morgan fingerprint density at radius 1 is 1.32 bits per heavy atom. The van der Waals surface area contributed by atoms with Crippen molar-refractivity contribution >= 4 is 10.9 Å². The molecule has 132 valence electrons. The predicted molar refractivity (Wildman–Crippen MR) is 91.4 cm³/mol. The van der Waals surface area contributed by atoms with E-state index < -0.39 is 6.10 Å². The fourth-order valence-electron chi connectivity index (χ4n) is 3.47. The number of aromatic nitrogens is 3. The summed E-state index contributed by atoms with van der Waals surface area (Å²) < 4.78 is 15.4. The Morgan fingerprint density at radius 2 is 2.16 bits per heavy atom. The second-order valence-corrected chi connectivity index (χ2v) is 6.61. The Bertz CT molecular complexity index is 917. The zero-order valence-corrected chi connectivity index (χ0v) is 14.0. The number of aryl methyl sites for hydroxylation is 1. The van der Waals surface area contributed by atoms with Gasteiger partial charge in [0.05, 0.1) is 24.5 Å². The normalized spacial score (nSPS) is 16.3. The van der Waals surface area contributed by atoms with Gasteiger partial charge in [0.2, 0.25) is 0 Å². The third-order valence-electron chi connectivity index (χ3n) is 4.92. The van der Waals surface area contributed by atoms with Crippen LogP contribution in [0.1, 0.15) is 28.7 Å².